The van der Waals surface area contributed by atoms with E-state index in [-0.39, 0.29) is 17.7 Å². The Morgan fingerprint density at radius 1 is 1.00 bits per heavy atom. The third-order valence-corrected chi connectivity index (χ3v) is 6.64. The first kappa shape index (κ1) is 26.2. The van der Waals surface area contributed by atoms with Crippen LogP contribution in [0.1, 0.15) is 17.0 Å². The van der Waals surface area contributed by atoms with Gasteiger partial charge in [-0.15, -0.1) is 5.10 Å². The van der Waals surface area contributed by atoms with Gasteiger partial charge in [0.1, 0.15) is 11.7 Å². The minimum absolute atomic E-state index is 0.0477. The van der Waals surface area contributed by atoms with Crippen LogP contribution in [0.15, 0.2) is 94.6 Å². The van der Waals surface area contributed by atoms with Gasteiger partial charge in [-0.1, -0.05) is 59.7 Å². The number of rotatable bonds is 7. The molecule has 1 saturated heterocycles. The molecule has 4 aromatic rings. The summed E-state index contributed by atoms with van der Waals surface area (Å²) in [6.07, 6.45) is 1.35. The van der Waals surface area contributed by atoms with Gasteiger partial charge in [-0.25, -0.2) is 4.98 Å². The summed E-state index contributed by atoms with van der Waals surface area (Å²) in [7, 11) is 0. The normalized spacial score (nSPS) is 18.9. The molecule has 0 amide bonds. The quantitative estimate of drug-likeness (QED) is 0.171. The van der Waals surface area contributed by atoms with Gasteiger partial charge in [0.25, 0.3) is 5.89 Å². The van der Waals surface area contributed by atoms with E-state index in [1.165, 1.54) is 0 Å². The van der Waals surface area contributed by atoms with Crippen molar-refractivity contribution in [2.75, 3.05) is 42.3 Å². The van der Waals surface area contributed by atoms with Crippen molar-refractivity contribution in [3.8, 4) is 0 Å². The second kappa shape index (κ2) is 12.0. The number of anilines is 3. The third-order valence-electron chi connectivity index (χ3n) is 6.64. The van der Waals surface area contributed by atoms with E-state index in [0.717, 1.165) is 16.8 Å². The number of para-hydroxylation sites is 1. The number of benzodiazepines with no additional fused rings is 1. The van der Waals surface area contributed by atoms with Crippen molar-refractivity contribution < 1.29 is 14.3 Å². The minimum Gasteiger partial charge on any atom is -0.403 e. The van der Waals surface area contributed by atoms with Gasteiger partial charge in [-0.3, -0.25) is 10.4 Å². The van der Waals surface area contributed by atoms with E-state index in [2.05, 4.69) is 31.1 Å². The number of aromatic nitrogens is 3. The molecule has 2 atom stereocenters. The molecule has 12 heteroatoms. The van der Waals surface area contributed by atoms with Gasteiger partial charge in [0.2, 0.25) is 0 Å². The number of ether oxygens (including phenoxy) is 1. The molecule has 5 N–H and O–H groups in total. The summed E-state index contributed by atoms with van der Waals surface area (Å²) in [6, 6.07) is 23.0. The number of morpholine rings is 1. The van der Waals surface area contributed by atoms with Gasteiger partial charge in [0.05, 0.1) is 24.5 Å². The number of fused-ring (bicyclic) bond motifs is 1. The van der Waals surface area contributed by atoms with Crippen molar-refractivity contribution in [3.05, 3.63) is 102 Å². The maximum atomic E-state index is 11.1. The highest BCUT2D eigenvalue weighted by atomic mass is 16.5. The highest BCUT2D eigenvalue weighted by molar-refractivity contribution is 6.20. The summed E-state index contributed by atoms with van der Waals surface area (Å²) in [5.41, 5.74) is 3.61. The lowest BCUT2D eigenvalue weighted by atomic mass is 10.0. The summed E-state index contributed by atoms with van der Waals surface area (Å²) in [5, 5.41) is 37.6. The Hall–Kier alpha value is -5.07. The van der Waals surface area contributed by atoms with E-state index in [4.69, 9.17) is 19.6 Å². The van der Waals surface area contributed by atoms with Crippen LogP contribution in [0, 0.1) is 5.41 Å². The van der Waals surface area contributed by atoms with Gasteiger partial charge in [-0.2, -0.15) is 0 Å². The number of nitrogens with zero attached hydrogens (tertiary/aromatic N) is 5. The van der Waals surface area contributed by atoms with Gasteiger partial charge < -0.3 is 35.1 Å². The Labute approximate surface area is 236 Å². The predicted molar refractivity (Wildman–Crippen MR) is 156 cm³/mol. The van der Waals surface area contributed by atoms with Crippen LogP contribution in [0.3, 0.4) is 0 Å². The first-order valence-electron chi connectivity index (χ1n) is 13.2. The summed E-state index contributed by atoms with van der Waals surface area (Å²) in [5.74, 6) is 0.939. The van der Waals surface area contributed by atoms with E-state index in [9.17, 15) is 5.11 Å². The number of aliphatic hydroxyl groups excluding tert-OH is 1. The molecule has 12 nitrogen and oxygen atoms in total. The fraction of sp³-hybridized carbons (Fsp3) is 0.207. The lowest BCUT2D eigenvalue weighted by molar-refractivity contribution is 0.0683. The lowest BCUT2D eigenvalue weighted by Gasteiger charge is -2.29. The van der Waals surface area contributed by atoms with Crippen molar-refractivity contribution in [2.24, 2.45) is 4.99 Å². The lowest BCUT2D eigenvalue weighted by Crippen LogP contribution is -2.40. The Kier molecular flexibility index (Phi) is 7.65. The SMILES string of the molecule is N=C(/C(=C\Nc1ccccn1)c1nnc(N[C@H]2N=C(c3ccccc3)c3ccccc3NC2O)o1)N1CCOCC1. The fourth-order valence-corrected chi connectivity index (χ4v) is 4.57. The predicted octanol–water partition coefficient (Wildman–Crippen LogP) is 3.25. The summed E-state index contributed by atoms with van der Waals surface area (Å²) in [6.45, 7) is 2.18. The molecule has 208 valence electrons. The van der Waals surface area contributed by atoms with Crippen molar-refractivity contribution >= 4 is 34.6 Å². The Bertz CT molecular complexity index is 1550. The van der Waals surface area contributed by atoms with Crippen LogP contribution in [-0.4, -0.2) is 75.4 Å². The van der Waals surface area contributed by atoms with Gasteiger partial charge in [-0.05, 0) is 18.2 Å². The van der Waals surface area contributed by atoms with E-state index in [1.54, 1.807) is 12.4 Å². The smallest absolute Gasteiger partial charge is 0.317 e. The topological polar surface area (TPSA) is 157 Å². The molecular formula is C29H29N9O3. The molecule has 2 aliphatic rings. The number of aliphatic hydroxyl groups is 1. The van der Waals surface area contributed by atoms with Crippen LogP contribution in [-0.2, 0) is 4.74 Å². The zero-order valence-corrected chi connectivity index (χ0v) is 22.1. The molecule has 0 saturated carbocycles. The molecule has 2 aromatic heterocycles. The number of hydrogen-bond donors (Lipinski definition) is 5. The molecule has 1 fully saturated rings. The van der Waals surface area contributed by atoms with Crippen LogP contribution in [0.4, 0.5) is 17.5 Å². The number of aliphatic imine (C=N–C) groups is 1. The summed E-state index contributed by atoms with van der Waals surface area (Å²) >= 11 is 0. The summed E-state index contributed by atoms with van der Waals surface area (Å²) < 4.78 is 11.4. The molecule has 4 heterocycles. The van der Waals surface area contributed by atoms with Crippen LogP contribution in [0.25, 0.3) is 5.57 Å². The van der Waals surface area contributed by atoms with Gasteiger partial charge >= 0.3 is 6.01 Å². The highest BCUT2D eigenvalue weighted by Crippen LogP contribution is 2.27. The second-order valence-electron chi connectivity index (χ2n) is 9.35. The molecule has 0 radical (unpaired) electrons. The molecular weight excluding hydrogens is 522 g/mol. The average Bonchev–Trinajstić information content (AvgIpc) is 3.43. The average molecular weight is 552 g/mol. The van der Waals surface area contributed by atoms with Crippen molar-refractivity contribution in [1.82, 2.24) is 20.1 Å². The van der Waals surface area contributed by atoms with E-state index < -0.39 is 12.4 Å². The first-order chi connectivity index (χ1) is 20.2. The molecule has 1 unspecified atom stereocenters. The van der Waals surface area contributed by atoms with Gasteiger partial charge in [0.15, 0.2) is 12.4 Å². The molecule has 0 aliphatic carbocycles. The van der Waals surface area contributed by atoms with E-state index in [0.29, 0.717) is 43.4 Å². The fourth-order valence-electron chi connectivity index (χ4n) is 4.57. The molecule has 6 rings (SSSR count). The monoisotopic (exact) mass is 551 g/mol. The number of nitrogens with one attached hydrogen (secondary N) is 4. The second-order valence-corrected chi connectivity index (χ2v) is 9.35. The number of benzene rings is 2. The Balaban J connectivity index is 1.29. The molecule has 0 bridgehead atoms. The maximum absolute atomic E-state index is 11.1. The van der Waals surface area contributed by atoms with Crippen molar-refractivity contribution in [1.29, 1.82) is 5.41 Å². The zero-order chi connectivity index (χ0) is 28.0. The van der Waals surface area contributed by atoms with Crippen molar-refractivity contribution in [2.45, 2.75) is 12.4 Å². The highest BCUT2D eigenvalue weighted by Gasteiger charge is 2.28. The van der Waals surface area contributed by atoms with Crippen LogP contribution >= 0.6 is 0 Å². The Morgan fingerprint density at radius 3 is 2.59 bits per heavy atom. The first-order valence-corrected chi connectivity index (χ1v) is 13.2. The van der Waals surface area contributed by atoms with E-state index >= 15 is 0 Å². The third kappa shape index (κ3) is 5.93. The summed E-state index contributed by atoms with van der Waals surface area (Å²) in [4.78, 5) is 11.0. The van der Waals surface area contributed by atoms with Crippen LogP contribution < -0.4 is 16.0 Å². The molecule has 41 heavy (non-hydrogen) atoms. The molecule has 2 aromatic carbocycles. The van der Waals surface area contributed by atoms with Crippen LogP contribution in [0.5, 0.6) is 0 Å². The standard InChI is InChI=1S/C29H29N9O3/c30-25(38-14-16-40-17-15-38)21(18-32-23-12-6-7-13-31-23)28-36-37-29(41-28)35-26-27(39)33-22-11-5-4-10-20(22)24(34-26)19-8-2-1-3-9-19/h1-13,18,26-27,30,33,39H,14-17H2,(H,31,32)(H,35,37)/b21-18+,30-25?/t26-,27?/m1/s1. The van der Waals surface area contributed by atoms with Crippen LogP contribution in [0.2, 0.25) is 0 Å². The van der Waals surface area contributed by atoms with E-state index in [1.807, 2.05) is 77.7 Å². The molecule has 0 spiro atoms. The maximum Gasteiger partial charge on any atom is 0.317 e. The molecule has 2 aliphatic heterocycles. The minimum atomic E-state index is -1.10. The van der Waals surface area contributed by atoms with Gasteiger partial charge in [0, 0.05) is 42.3 Å². The Morgan fingerprint density at radius 2 is 1.78 bits per heavy atom. The number of pyridine rings is 1. The number of hydrogen-bond acceptors (Lipinski definition) is 11. The largest absolute Gasteiger partial charge is 0.403 e. The zero-order valence-electron chi connectivity index (χ0n) is 22.1. The number of amidine groups is 1. The van der Waals surface area contributed by atoms with Crippen molar-refractivity contribution in [3.63, 3.8) is 0 Å².